The van der Waals surface area contributed by atoms with Crippen LogP contribution in [0.4, 0.5) is 0 Å². The standard InChI is InChI=1S/C13H10O5S.Na/c14-13(11-7-3-1-4-8-11)17-18-19(15,16)12-9-5-2-6-10-12;/h1-10H;. The van der Waals surface area contributed by atoms with Gasteiger partial charge in [0.1, 0.15) is 0 Å². The Bertz CT molecular complexity index is 656. The summed E-state index contributed by atoms with van der Waals surface area (Å²) in [4.78, 5) is 15.7. The van der Waals surface area contributed by atoms with E-state index in [9.17, 15) is 13.2 Å². The first-order valence-electron chi connectivity index (χ1n) is 5.35. The van der Waals surface area contributed by atoms with Crippen molar-refractivity contribution in [2.45, 2.75) is 4.90 Å². The molecular weight excluding hydrogens is 291 g/mol. The van der Waals surface area contributed by atoms with E-state index in [2.05, 4.69) is 9.22 Å². The number of carbonyl (C=O) groups excluding carboxylic acids is 1. The summed E-state index contributed by atoms with van der Waals surface area (Å²) in [6.07, 6.45) is 0. The van der Waals surface area contributed by atoms with Gasteiger partial charge in [-0.05, 0) is 28.6 Å². The largest absolute Gasteiger partial charge is 0.374 e. The third-order valence-corrected chi connectivity index (χ3v) is 3.34. The Hall–Kier alpha value is -1.18. The zero-order valence-corrected chi connectivity index (χ0v) is 13.5. The van der Waals surface area contributed by atoms with E-state index < -0.39 is 16.1 Å². The summed E-state index contributed by atoms with van der Waals surface area (Å²) in [6, 6.07) is 15.4. The molecule has 0 aliphatic carbocycles. The van der Waals surface area contributed by atoms with E-state index in [4.69, 9.17) is 0 Å². The van der Waals surface area contributed by atoms with Crippen LogP contribution in [-0.4, -0.2) is 43.9 Å². The average molecular weight is 301 g/mol. The van der Waals surface area contributed by atoms with Gasteiger partial charge in [0.2, 0.25) is 0 Å². The van der Waals surface area contributed by atoms with E-state index in [0.717, 1.165) is 0 Å². The molecule has 0 saturated carbocycles. The molecule has 0 atom stereocenters. The van der Waals surface area contributed by atoms with E-state index in [-0.39, 0.29) is 40.0 Å². The summed E-state index contributed by atoms with van der Waals surface area (Å²) < 4.78 is 27.6. The molecule has 7 heteroatoms. The van der Waals surface area contributed by atoms with E-state index in [0.29, 0.717) is 0 Å². The van der Waals surface area contributed by atoms with Crippen molar-refractivity contribution in [3.05, 3.63) is 66.2 Å². The van der Waals surface area contributed by atoms with Crippen LogP contribution in [0.2, 0.25) is 0 Å². The van der Waals surface area contributed by atoms with Crippen molar-refractivity contribution in [1.82, 2.24) is 0 Å². The van der Waals surface area contributed by atoms with Crippen molar-refractivity contribution in [2.24, 2.45) is 0 Å². The molecule has 0 N–H and O–H groups in total. The fourth-order valence-electron chi connectivity index (χ4n) is 1.32. The minimum atomic E-state index is -4.11. The molecule has 0 aliphatic heterocycles. The van der Waals surface area contributed by atoms with Crippen molar-refractivity contribution in [2.75, 3.05) is 0 Å². The van der Waals surface area contributed by atoms with Crippen molar-refractivity contribution in [3.63, 3.8) is 0 Å². The van der Waals surface area contributed by atoms with Gasteiger partial charge in [0.25, 0.3) is 0 Å². The van der Waals surface area contributed by atoms with Gasteiger partial charge in [0.15, 0.2) is 0 Å². The molecule has 2 rings (SSSR count). The van der Waals surface area contributed by atoms with Gasteiger partial charge < -0.3 is 0 Å². The zero-order valence-electron chi connectivity index (χ0n) is 10.7. The number of rotatable bonds is 4. The molecule has 20 heavy (non-hydrogen) atoms. The maximum absolute atomic E-state index is 11.7. The Kier molecular flexibility index (Phi) is 6.38. The fraction of sp³-hybridized carbons (Fsp3) is 0. The first kappa shape index (κ1) is 16.9. The van der Waals surface area contributed by atoms with E-state index in [1.807, 2.05) is 0 Å². The number of carbonyl (C=O) groups is 1. The van der Waals surface area contributed by atoms with E-state index >= 15 is 0 Å². The molecule has 99 valence electrons. The first-order chi connectivity index (χ1) is 9.09. The van der Waals surface area contributed by atoms with Gasteiger partial charge in [-0.2, -0.15) is 8.42 Å². The molecule has 0 aromatic heterocycles. The van der Waals surface area contributed by atoms with Gasteiger partial charge in [-0.15, -0.1) is 0 Å². The third-order valence-electron chi connectivity index (χ3n) is 2.24. The second kappa shape index (κ2) is 7.56. The topological polar surface area (TPSA) is 69.7 Å². The van der Waals surface area contributed by atoms with Crippen molar-refractivity contribution in [1.29, 1.82) is 0 Å². The molecule has 0 heterocycles. The van der Waals surface area contributed by atoms with Crippen LogP contribution in [-0.2, 0) is 19.3 Å². The SMILES string of the molecule is O=C(OOS(=O)(=O)c1ccccc1)c1ccccc1.[Na]. The van der Waals surface area contributed by atoms with Crippen LogP contribution in [0.5, 0.6) is 0 Å². The Morgan fingerprint density at radius 2 is 1.35 bits per heavy atom. The average Bonchev–Trinajstić information content (AvgIpc) is 2.47. The number of benzene rings is 2. The molecule has 0 aliphatic rings. The minimum absolute atomic E-state index is 0. The predicted molar refractivity (Wildman–Crippen MR) is 72.3 cm³/mol. The molecule has 1 radical (unpaired) electrons. The van der Waals surface area contributed by atoms with Gasteiger partial charge in [-0.25, -0.2) is 4.79 Å². The molecule has 0 fully saturated rings. The van der Waals surface area contributed by atoms with Crippen LogP contribution < -0.4 is 0 Å². The van der Waals surface area contributed by atoms with Crippen LogP contribution in [0.3, 0.4) is 0 Å². The monoisotopic (exact) mass is 301 g/mol. The van der Waals surface area contributed by atoms with Crippen LogP contribution in [0.1, 0.15) is 10.4 Å². The molecule has 0 unspecified atom stereocenters. The third kappa shape index (κ3) is 4.43. The normalized spacial score (nSPS) is 10.4. The number of hydrogen-bond donors (Lipinski definition) is 0. The Morgan fingerprint density at radius 1 is 0.850 bits per heavy atom. The summed E-state index contributed by atoms with van der Waals surface area (Å²) in [5, 5.41) is 0. The molecule has 2 aromatic rings. The van der Waals surface area contributed by atoms with Crippen LogP contribution in [0.15, 0.2) is 65.6 Å². The Labute approximate surface area is 138 Å². The molecule has 0 saturated heterocycles. The predicted octanol–water partition coefficient (Wildman–Crippen LogP) is 1.78. The minimum Gasteiger partial charge on any atom is -0.276 e. The smallest absolute Gasteiger partial charge is 0.276 e. The van der Waals surface area contributed by atoms with Gasteiger partial charge >= 0.3 is 16.1 Å². The van der Waals surface area contributed by atoms with E-state index in [1.54, 1.807) is 24.3 Å². The molecule has 0 amide bonds. The van der Waals surface area contributed by atoms with Crippen LogP contribution in [0, 0.1) is 0 Å². The molecular formula is C13H10NaO5S. The van der Waals surface area contributed by atoms with E-state index in [1.165, 1.54) is 36.4 Å². The quantitative estimate of drug-likeness (QED) is 0.489. The van der Waals surface area contributed by atoms with Crippen molar-refractivity contribution >= 4 is 45.6 Å². The Morgan fingerprint density at radius 3 is 1.90 bits per heavy atom. The Balaban J connectivity index is 0.00000200. The maximum Gasteiger partial charge on any atom is 0.374 e. The summed E-state index contributed by atoms with van der Waals surface area (Å²) in [5.74, 6) is -0.875. The van der Waals surface area contributed by atoms with Gasteiger partial charge in [-0.1, -0.05) is 36.4 Å². The van der Waals surface area contributed by atoms with Crippen LogP contribution >= 0.6 is 0 Å². The van der Waals surface area contributed by atoms with Gasteiger partial charge in [-0.3, -0.25) is 4.89 Å². The summed E-state index contributed by atoms with van der Waals surface area (Å²) in [7, 11) is -4.11. The number of hydrogen-bond acceptors (Lipinski definition) is 5. The van der Waals surface area contributed by atoms with Crippen molar-refractivity contribution in [3.8, 4) is 0 Å². The molecule has 0 spiro atoms. The fourth-order valence-corrected chi connectivity index (χ4v) is 2.04. The molecule has 5 nitrogen and oxygen atoms in total. The maximum atomic E-state index is 11.7. The van der Waals surface area contributed by atoms with Crippen molar-refractivity contribution < 1.29 is 22.4 Å². The zero-order chi connectivity index (χ0) is 13.7. The molecule has 0 bridgehead atoms. The summed E-state index contributed by atoms with van der Waals surface area (Å²) >= 11 is 0. The van der Waals surface area contributed by atoms with Gasteiger partial charge in [0, 0.05) is 29.6 Å². The summed E-state index contributed by atoms with van der Waals surface area (Å²) in [5.41, 5.74) is 0.200. The first-order valence-corrected chi connectivity index (χ1v) is 6.76. The van der Waals surface area contributed by atoms with Gasteiger partial charge in [0.05, 0.1) is 10.5 Å². The second-order valence-corrected chi connectivity index (χ2v) is 5.09. The molecule has 2 aromatic carbocycles. The second-order valence-electron chi connectivity index (χ2n) is 3.57. The van der Waals surface area contributed by atoms with Crippen LogP contribution in [0.25, 0.3) is 0 Å². The summed E-state index contributed by atoms with van der Waals surface area (Å²) in [6.45, 7) is 0.